The molecule has 0 aromatic heterocycles. The third-order valence-electron chi connectivity index (χ3n) is 6.24. The SMILES string of the molecule is C=CCOc1c(Br)cc(/C=N\NC(=O)c2ccccc2N(Cc2ccc(Cl)cc2)S(=O)(=O)c2ccc(C)cc2)cc1OC. The molecule has 0 unspecified atom stereocenters. The first-order valence-electron chi connectivity index (χ1n) is 13.0. The number of benzene rings is 4. The summed E-state index contributed by atoms with van der Waals surface area (Å²) in [5.41, 5.74) is 5.05. The lowest BCUT2D eigenvalue weighted by Crippen LogP contribution is -2.33. The number of carbonyl (C=O) groups is 1. The number of nitrogens with zero attached hydrogens (tertiary/aromatic N) is 2. The van der Waals surface area contributed by atoms with Crippen LogP contribution in [0.5, 0.6) is 11.5 Å². The van der Waals surface area contributed by atoms with Crippen molar-refractivity contribution in [2.45, 2.75) is 18.4 Å². The van der Waals surface area contributed by atoms with Crippen LogP contribution in [0.25, 0.3) is 0 Å². The summed E-state index contributed by atoms with van der Waals surface area (Å²) in [6.45, 7) is 5.79. The normalized spacial score (nSPS) is 11.3. The van der Waals surface area contributed by atoms with Crippen molar-refractivity contribution in [3.8, 4) is 11.5 Å². The van der Waals surface area contributed by atoms with Crippen LogP contribution in [0.1, 0.15) is 27.0 Å². The minimum absolute atomic E-state index is 0.0327. The molecule has 11 heteroatoms. The molecular weight excluding hydrogens is 654 g/mol. The van der Waals surface area contributed by atoms with E-state index in [-0.39, 0.29) is 22.7 Å². The molecule has 0 atom stereocenters. The van der Waals surface area contributed by atoms with Crippen LogP contribution in [0.2, 0.25) is 5.02 Å². The summed E-state index contributed by atoms with van der Waals surface area (Å²) in [5.74, 6) is 0.380. The number of carbonyl (C=O) groups excluding carboxylic acids is 1. The monoisotopic (exact) mass is 681 g/mol. The number of anilines is 1. The third-order valence-corrected chi connectivity index (χ3v) is 8.86. The summed E-state index contributed by atoms with van der Waals surface area (Å²) in [5, 5.41) is 4.64. The number of amides is 1. The average Bonchev–Trinajstić information content (AvgIpc) is 3.00. The van der Waals surface area contributed by atoms with Crippen molar-refractivity contribution in [2.24, 2.45) is 5.10 Å². The Morgan fingerprint density at radius 2 is 1.77 bits per heavy atom. The molecule has 1 amide bonds. The molecule has 4 aromatic carbocycles. The fourth-order valence-electron chi connectivity index (χ4n) is 4.10. The second-order valence-corrected chi connectivity index (χ2v) is 12.5. The van der Waals surface area contributed by atoms with Gasteiger partial charge in [-0.05, 0) is 82.5 Å². The summed E-state index contributed by atoms with van der Waals surface area (Å²) in [6, 6.07) is 23.3. The van der Waals surface area contributed by atoms with Gasteiger partial charge in [0.2, 0.25) is 0 Å². The molecule has 0 heterocycles. The average molecular weight is 683 g/mol. The molecule has 222 valence electrons. The molecule has 0 fully saturated rings. The molecule has 0 spiro atoms. The van der Waals surface area contributed by atoms with Gasteiger partial charge in [0.1, 0.15) is 6.61 Å². The van der Waals surface area contributed by atoms with E-state index in [1.807, 2.05) is 6.92 Å². The number of methoxy groups -OCH3 is 1. The Bertz CT molecular complexity index is 1740. The number of halogens is 2. The summed E-state index contributed by atoms with van der Waals surface area (Å²) < 4.78 is 40.9. The zero-order valence-corrected chi connectivity index (χ0v) is 26.6. The Kier molecular flexibility index (Phi) is 10.6. The zero-order valence-electron chi connectivity index (χ0n) is 23.5. The van der Waals surface area contributed by atoms with Crippen LogP contribution in [0, 0.1) is 6.92 Å². The molecule has 0 aliphatic carbocycles. The van der Waals surface area contributed by atoms with Gasteiger partial charge in [-0.3, -0.25) is 9.10 Å². The number of sulfonamides is 1. The highest BCUT2D eigenvalue weighted by Crippen LogP contribution is 2.36. The van der Waals surface area contributed by atoms with Crippen molar-refractivity contribution >= 4 is 55.4 Å². The molecule has 0 bridgehead atoms. The van der Waals surface area contributed by atoms with Crippen LogP contribution in [-0.4, -0.2) is 34.3 Å². The molecule has 0 aliphatic rings. The maximum Gasteiger partial charge on any atom is 0.273 e. The van der Waals surface area contributed by atoms with Crippen LogP contribution in [0.15, 0.2) is 112 Å². The van der Waals surface area contributed by atoms with E-state index >= 15 is 0 Å². The zero-order chi connectivity index (χ0) is 31.0. The first kappa shape index (κ1) is 31.8. The van der Waals surface area contributed by atoms with Crippen molar-refractivity contribution in [2.75, 3.05) is 18.0 Å². The number of hydrogen-bond acceptors (Lipinski definition) is 6. The highest BCUT2D eigenvalue weighted by Gasteiger charge is 2.28. The van der Waals surface area contributed by atoms with Gasteiger partial charge < -0.3 is 9.47 Å². The van der Waals surface area contributed by atoms with Crippen LogP contribution in [-0.2, 0) is 16.6 Å². The Morgan fingerprint density at radius 1 is 1.07 bits per heavy atom. The van der Waals surface area contributed by atoms with Crippen molar-refractivity contribution in [3.05, 3.63) is 129 Å². The standard InChI is InChI=1S/C32H29BrClN3O5S/c1-4-17-42-31-28(33)18-24(19-30(31)41-3)20-35-36-32(38)27-7-5-6-8-29(27)37(21-23-11-13-25(34)14-12-23)43(39,40)26-15-9-22(2)10-16-26/h4-16,18-20H,1,17,21H2,2-3H3,(H,36,38)/b35-20-. The summed E-state index contributed by atoms with van der Waals surface area (Å²) in [6.07, 6.45) is 3.07. The maximum absolute atomic E-state index is 14.0. The summed E-state index contributed by atoms with van der Waals surface area (Å²) in [4.78, 5) is 13.5. The van der Waals surface area contributed by atoms with Crippen LogP contribution < -0.4 is 19.2 Å². The van der Waals surface area contributed by atoms with Crippen LogP contribution in [0.3, 0.4) is 0 Å². The molecule has 8 nitrogen and oxygen atoms in total. The number of hydrogen-bond donors (Lipinski definition) is 1. The van der Waals surface area contributed by atoms with E-state index in [2.05, 4.69) is 33.0 Å². The van der Waals surface area contributed by atoms with Gasteiger partial charge in [-0.25, -0.2) is 13.8 Å². The first-order valence-corrected chi connectivity index (χ1v) is 15.6. The first-order chi connectivity index (χ1) is 20.6. The Labute approximate surface area is 264 Å². The van der Waals surface area contributed by atoms with Crippen molar-refractivity contribution in [1.82, 2.24) is 5.43 Å². The Hall–Kier alpha value is -4.12. The topological polar surface area (TPSA) is 97.3 Å². The highest BCUT2D eigenvalue weighted by molar-refractivity contribution is 9.10. The molecule has 0 aliphatic heterocycles. The minimum Gasteiger partial charge on any atom is -0.493 e. The van der Waals surface area contributed by atoms with Crippen LogP contribution >= 0.6 is 27.5 Å². The maximum atomic E-state index is 14.0. The lowest BCUT2D eigenvalue weighted by Gasteiger charge is -2.26. The lowest BCUT2D eigenvalue weighted by atomic mass is 10.1. The number of para-hydroxylation sites is 1. The molecule has 43 heavy (non-hydrogen) atoms. The number of rotatable bonds is 12. The third kappa shape index (κ3) is 7.84. The van der Waals surface area contributed by atoms with E-state index in [0.29, 0.717) is 38.7 Å². The van der Waals surface area contributed by atoms with E-state index in [4.69, 9.17) is 21.1 Å². The largest absolute Gasteiger partial charge is 0.493 e. The van der Waals surface area contributed by atoms with Crippen LogP contribution in [0.4, 0.5) is 5.69 Å². The minimum atomic E-state index is -4.08. The van der Waals surface area contributed by atoms with Gasteiger partial charge in [0, 0.05) is 5.02 Å². The number of aryl methyl sites for hydroxylation is 1. The van der Waals surface area contributed by atoms with E-state index in [0.717, 1.165) is 5.56 Å². The van der Waals surface area contributed by atoms with Gasteiger partial charge in [0.05, 0.1) is 40.5 Å². The lowest BCUT2D eigenvalue weighted by molar-refractivity contribution is 0.0955. The van der Waals surface area contributed by atoms with Crippen molar-refractivity contribution in [3.63, 3.8) is 0 Å². The molecule has 0 saturated heterocycles. The number of nitrogens with one attached hydrogen (secondary N) is 1. The predicted octanol–water partition coefficient (Wildman–Crippen LogP) is 7.14. The molecule has 0 saturated carbocycles. The van der Waals surface area contributed by atoms with Crippen molar-refractivity contribution < 1.29 is 22.7 Å². The summed E-state index contributed by atoms with van der Waals surface area (Å²) in [7, 11) is -2.56. The summed E-state index contributed by atoms with van der Waals surface area (Å²) >= 11 is 9.53. The van der Waals surface area contributed by atoms with Gasteiger partial charge >= 0.3 is 0 Å². The number of hydrazone groups is 1. The number of ether oxygens (including phenoxy) is 2. The van der Waals surface area contributed by atoms with Gasteiger partial charge in [0.25, 0.3) is 15.9 Å². The molecule has 1 N–H and O–H groups in total. The fraction of sp³-hybridized carbons (Fsp3) is 0.125. The van der Waals surface area contributed by atoms with Gasteiger partial charge in [-0.2, -0.15) is 5.10 Å². The quantitative estimate of drug-likeness (QED) is 0.0974. The van der Waals surface area contributed by atoms with E-state index in [1.165, 1.54) is 17.6 Å². The van der Waals surface area contributed by atoms with Gasteiger partial charge in [-0.15, -0.1) is 0 Å². The molecule has 4 aromatic rings. The van der Waals surface area contributed by atoms with Crippen molar-refractivity contribution in [1.29, 1.82) is 0 Å². The smallest absolute Gasteiger partial charge is 0.273 e. The highest BCUT2D eigenvalue weighted by atomic mass is 79.9. The second kappa shape index (κ2) is 14.4. The van der Waals surface area contributed by atoms with E-state index in [9.17, 15) is 13.2 Å². The fourth-order valence-corrected chi connectivity index (χ4v) is 6.27. The Morgan fingerprint density at radius 3 is 2.44 bits per heavy atom. The predicted molar refractivity (Wildman–Crippen MR) is 174 cm³/mol. The molecule has 0 radical (unpaired) electrons. The Balaban J connectivity index is 1.66. The molecular formula is C32H29BrClN3O5S. The second-order valence-electron chi connectivity index (χ2n) is 9.30. The van der Waals surface area contributed by atoms with E-state index in [1.54, 1.807) is 91.0 Å². The van der Waals surface area contributed by atoms with Gasteiger partial charge in [0.15, 0.2) is 11.5 Å². The van der Waals surface area contributed by atoms with Gasteiger partial charge in [-0.1, -0.05) is 66.2 Å². The molecule has 4 rings (SSSR count). The van der Waals surface area contributed by atoms with E-state index < -0.39 is 15.9 Å².